The Balaban J connectivity index is 2.64. The zero-order valence-corrected chi connectivity index (χ0v) is 13.6. The molecule has 0 spiro atoms. The fourth-order valence-corrected chi connectivity index (χ4v) is 3.15. The van der Waals surface area contributed by atoms with E-state index in [9.17, 15) is 9.90 Å². The molecule has 0 radical (unpaired) electrons. The molecule has 2 N–H and O–H groups in total. The zero-order valence-electron chi connectivity index (χ0n) is 13.6. The number of nitrogens with zero attached hydrogens (tertiary/aromatic N) is 2. The maximum atomic E-state index is 11.5. The summed E-state index contributed by atoms with van der Waals surface area (Å²) in [5.74, 6) is -0.757. The minimum atomic E-state index is -0.834. The van der Waals surface area contributed by atoms with Crippen molar-refractivity contribution >= 4 is 5.97 Å². The summed E-state index contributed by atoms with van der Waals surface area (Å²) in [6.45, 7) is 8.69. The second-order valence-electron chi connectivity index (χ2n) is 6.48. The number of carbonyl (C=O) groups is 1. The van der Waals surface area contributed by atoms with Gasteiger partial charge in [-0.2, -0.15) is 0 Å². The van der Waals surface area contributed by atoms with Gasteiger partial charge in [0.2, 0.25) is 0 Å². The molecule has 0 amide bonds. The normalized spacial score (nSPS) is 25.4. The van der Waals surface area contributed by atoms with Crippen LogP contribution in [0, 0.1) is 0 Å². The minimum absolute atomic E-state index is 0.276. The molecule has 5 heteroatoms. The quantitative estimate of drug-likeness (QED) is 0.737. The average molecular weight is 285 g/mol. The molecule has 0 aliphatic carbocycles. The van der Waals surface area contributed by atoms with Gasteiger partial charge in [0.25, 0.3) is 0 Å². The largest absolute Gasteiger partial charge is 0.480 e. The highest BCUT2D eigenvalue weighted by molar-refractivity contribution is 5.78. The molecule has 3 atom stereocenters. The number of carboxylic acids is 1. The third kappa shape index (κ3) is 4.43. The Morgan fingerprint density at radius 2 is 2.20 bits per heavy atom. The first-order valence-electron chi connectivity index (χ1n) is 7.69. The summed E-state index contributed by atoms with van der Waals surface area (Å²) in [6.07, 6.45) is 3.06. The van der Waals surface area contributed by atoms with E-state index in [0.29, 0.717) is 19.0 Å². The van der Waals surface area contributed by atoms with Crippen LogP contribution in [0.3, 0.4) is 0 Å². The van der Waals surface area contributed by atoms with Crippen LogP contribution < -0.4 is 5.32 Å². The number of hydrogen-bond acceptors (Lipinski definition) is 4. The molecular weight excluding hydrogens is 254 g/mol. The molecule has 1 aliphatic heterocycles. The number of hydrogen-bond donors (Lipinski definition) is 2. The lowest BCUT2D eigenvalue weighted by Crippen LogP contribution is -2.55. The summed E-state index contributed by atoms with van der Waals surface area (Å²) in [6, 6.07) is 0.860. The fraction of sp³-hybridized carbons (Fsp3) is 0.933. The smallest absolute Gasteiger partial charge is 0.323 e. The van der Waals surface area contributed by atoms with Crippen molar-refractivity contribution < 1.29 is 9.90 Å². The van der Waals surface area contributed by atoms with Gasteiger partial charge in [-0.3, -0.25) is 9.69 Å². The van der Waals surface area contributed by atoms with E-state index in [1.807, 2.05) is 6.92 Å². The molecule has 1 heterocycles. The van der Waals surface area contributed by atoms with Gasteiger partial charge in [-0.25, -0.2) is 0 Å². The molecule has 0 bridgehead atoms. The van der Waals surface area contributed by atoms with Crippen molar-refractivity contribution in [2.24, 2.45) is 0 Å². The van der Waals surface area contributed by atoms with E-state index >= 15 is 0 Å². The third-order valence-corrected chi connectivity index (χ3v) is 4.52. The second kappa shape index (κ2) is 7.38. The molecule has 1 aliphatic rings. The molecule has 1 fully saturated rings. The summed E-state index contributed by atoms with van der Waals surface area (Å²) in [7, 11) is 4.25. The van der Waals surface area contributed by atoms with Crippen LogP contribution >= 0.6 is 0 Å². The van der Waals surface area contributed by atoms with Crippen molar-refractivity contribution in [2.45, 2.75) is 57.7 Å². The van der Waals surface area contributed by atoms with Crippen molar-refractivity contribution in [3.63, 3.8) is 0 Å². The molecular formula is C15H31N3O2. The first kappa shape index (κ1) is 17.4. The highest BCUT2D eigenvalue weighted by atomic mass is 16.4. The number of aliphatic carboxylic acids is 1. The molecule has 5 nitrogen and oxygen atoms in total. The lowest BCUT2D eigenvalue weighted by atomic mass is 9.91. The van der Waals surface area contributed by atoms with Crippen molar-refractivity contribution in [1.82, 2.24) is 15.1 Å². The van der Waals surface area contributed by atoms with Crippen LogP contribution in [0.2, 0.25) is 0 Å². The topological polar surface area (TPSA) is 55.8 Å². The number of rotatable bonds is 7. The van der Waals surface area contributed by atoms with E-state index in [2.05, 4.69) is 36.1 Å². The summed E-state index contributed by atoms with van der Waals surface area (Å²) in [5, 5.41) is 12.6. The van der Waals surface area contributed by atoms with Crippen LogP contribution in [0.5, 0.6) is 0 Å². The summed E-state index contributed by atoms with van der Waals surface area (Å²) in [5.41, 5.74) is -0.834. The standard InChI is InChI=1S/C15H31N3O2/c1-6-16-15(3,14(19)20)10-12(2)18-9-7-8-13(11-18)17(4)5/h12-13,16H,6-11H2,1-5H3,(H,19,20). The lowest BCUT2D eigenvalue weighted by molar-refractivity contribution is -0.145. The van der Waals surface area contributed by atoms with E-state index < -0.39 is 11.5 Å². The highest BCUT2D eigenvalue weighted by Gasteiger charge is 2.36. The van der Waals surface area contributed by atoms with Gasteiger partial charge in [-0.15, -0.1) is 0 Å². The van der Waals surface area contributed by atoms with Crippen LogP contribution in [0.1, 0.15) is 40.0 Å². The van der Waals surface area contributed by atoms with Gasteiger partial charge in [0.1, 0.15) is 5.54 Å². The lowest BCUT2D eigenvalue weighted by Gasteiger charge is -2.41. The van der Waals surface area contributed by atoms with Crippen LogP contribution in [-0.4, -0.2) is 72.2 Å². The third-order valence-electron chi connectivity index (χ3n) is 4.52. The first-order valence-corrected chi connectivity index (χ1v) is 7.69. The zero-order chi connectivity index (χ0) is 15.3. The van der Waals surface area contributed by atoms with Gasteiger partial charge in [-0.1, -0.05) is 6.92 Å². The van der Waals surface area contributed by atoms with E-state index in [1.54, 1.807) is 6.92 Å². The molecule has 20 heavy (non-hydrogen) atoms. The molecule has 0 aromatic rings. The van der Waals surface area contributed by atoms with Crippen molar-refractivity contribution in [2.75, 3.05) is 33.7 Å². The van der Waals surface area contributed by atoms with Crippen molar-refractivity contribution in [1.29, 1.82) is 0 Å². The average Bonchev–Trinajstić information content (AvgIpc) is 2.38. The number of carboxylic acid groups (broad SMARTS) is 1. The van der Waals surface area contributed by atoms with Crippen LogP contribution in [-0.2, 0) is 4.79 Å². The van der Waals surface area contributed by atoms with Gasteiger partial charge >= 0.3 is 5.97 Å². The summed E-state index contributed by atoms with van der Waals surface area (Å²) in [4.78, 5) is 16.2. The second-order valence-corrected chi connectivity index (χ2v) is 6.48. The minimum Gasteiger partial charge on any atom is -0.480 e. The molecule has 0 saturated carbocycles. The van der Waals surface area contributed by atoms with Gasteiger partial charge in [0.15, 0.2) is 0 Å². The predicted molar refractivity (Wildman–Crippen MR) is 82.1 cm³/mol. The van der Waals surface area contributed by atoms with E-state index in [0.717, 1.165) is 13.1 Å². The molecule has 1 saturated heterocycles. The Morgan fingerprint density at radius 3 is 2.70 bits per heavy atom. The van der Waals surface area contributed by atoms with Crippen molar-refractivity contribution in [3.8, 4) is 0 Å². The van der Waals surface area contributed by atoms with Gasteiger partial charge < -0.3 is 15.3 Å². The molecule has 118 valence electrons. The van der Waals surface area contributed by atoms with E-state index in [-0.39, 0.29) is 6.04 Å². The van der Waals surface area contributed by atoms with Crippen LogP contribution in [0.4, 0.5) is 0 Å². The Hall–Kier alpha value is -0.650. The van der Waals surface area contributed by atoms with E-state index in [1.165, 1.54) is 12.8 Å². The maximum Gasteiger partial charge on any atom is 0.323 e. The number of piperidine rings is 1. The number of likely N-dealkylation sites (N-methyl/N-ethyl adjacent to an activating group) is 2. The Labute approximate surface area is 123 Å². The van der Waals surface area contributed by atoms with Crippen LogP contribution in [0.15, 0.2) is 0 Å². The SMILES string of the molecule is CCNC(C)(CC(C)N1CCCC(N(C)C)C1)C(=O)O. The van der Waals surface area contributed by atoms with Gasteiger partial charge in [-0.05, 0) is 60.3 Å². The number of likely N-dealkylation sites (tertiary alicyclic amines) is 1. The van der Waals surface area contributed by atoms with Gasteiger partial charge in [0.05, 0.1) is 0 Å². The first-order chi connectivity index (χ1) is 9.30. The van der Waals surface area contributed by atoms with E-state index in [4.69, 9.17) is 0 Å². The Kier molecular flexibility index (Phi) is 6.43. The summed E-state index contributed by atoms with van der Waals surface area (Å²) < 4.78 is 0. The highest BCUT2D eigenvalue weighted by Crippen LogP contribution is 2.22. The predicted octanol–water partition coefficient (Wildman–Crippen LogP) is 1.24. The monoisotopic (exact) mass is 285 g/mol. The molecule has 3 unspecified atom stereocenters. The summed E-state index contributed by atoms with van der Waals surface area (Å²) >= 11 is 0. The maximum absolute atomic E-state index is 11.5. The fourth-order valence-electron chi connectivity index (χ4n) is 3.15. The van der Waals surface area contributed by atoms with Crippen molar-refractivity contribution in [3.05, 3.63) is 0 Å². The molecule has 0 aromatic carbocycles. The van der Waals surface area contributed by atoms with Gasteiger partial charge in [0, 0.05) is 18.6 Å². The van der Waals surface area contributed by atoms with Crippen LogP contribution in [0.25, 0.3) is 0 Å². The number of nitrogens with one attached hydrogen (secondary N) is 1. The Bertz CT molecular complexity index is 322. The Morgan fingerprint density at radius 1 is 1.55 bits per heavy atom. The molecule has 1 rings (SSSR count). The molecule has 0 aromatic heterocycles.